The Morgan fingerprint density at radius 3 is 1.85 bits per heavy atom. The first-order valence-corrected chi connectivity index (χ1v) is 9.89. The van der Waals surface area contributed by atoms with Crippen LogP contribution in [0.3, 0.4) is 0 Å². The van der Waals surface area contributed by atoms with Crippen molar-refractivity contribution < 1.29 is 14.1 Å². The van der Waals surface area contributed by atoms with Crippen LogP contribution in [-0.4, -0.2) is 25.2 Å². The van der Waals surface area contributed by atoms with E-state index in [1.807, 2.05) is 43.9 Å². The number of hydroxylamine groups is 2. The lowest BCUT2D eigenvalue weighted by atomic mass is 9.95. The second-order valence-corrected chi connectivity index (χ2v) is 10.2. The van der Waals surface area contributed by atoms with Gasteiger partial charge in [-0.1, -0.05) is 24.3 Å². The van der Waals surface area contributed by atoms with E-state index in [0.717, 1.165) is 15.8 Å². The fraction of sp³-hybridized carbons (Fsp3) is 0.200. The number of carbonyl (C=O) groups excluding carboxylic acids is 2. The standard InChI is InChI=1S/C15H15NO3Si/c1-20(2,3)19-16-14(17)11-8-4-6-10-7-5-9-12(13(10)11)15(16)18/h4-9H,1-3H3. The minimum absolute atomic E-state index is 0.373. The van der Waals surface area contributed by atoms with Crippen molar-refractivity contribution in [1.82, 2.24) is 5.06 Å². The monoisotopic (exact) mass is 285 g/mol. The van der Waals surface area contributed by atoms with Crippen LogP contribution in [0.25, 0.3) is 10.8 Å². The Balaban J connectivity index is 2.21. The number of hydrogen-bond acceptors (Lipinski definition) is 3. The topological polar surface area (TPSA) is 46.6 Å². The van der Waals surface area contributed by atoms with Gasteiger partial charge in [0.2, 0.25) is 8.32 Å². The molecule has 1 aliphatic heterocycles. The van der Waals surface area contributed by atoms with Gasteiger partial charge in [-0.3, -0.25) is 9.59 Å². The molecule has 0 aromatic heterocycles. The van der Waals surface area contributed by atoms with Crippen LogP contribution >= 0.6 is 0 Å². The molecule has 2 aromatic rings. The van der Waals surface area contributed by atoms with Gasteiger partial charge in [0.05, 0.1) is 11.1 Å². The molecule has 5 heteroatoms. The molecule has 0 fully saturated rings. The average Bonchev–Trinajstić information content (AvgIpc) is 2.39. The van der Waals surface area contributed by atoms with Crippen LogP contribution in [0.15, 0.2) is 36.4 Å². The van der Waals surface area contributed by atoms with E-state index in [0.29, 0.717) is 11.1 Å². The summed E-state index contributed by atoms with van der Waals surface area (Å²) >= 11 is 0. The number of amides is 2. The maximum absolute atomic E-state index is 12.5. The summed E-state index contributed by atoms with van der Waals surface area (Å²) in [5, 5.41) is 2.55. The molecular formula is C15H15NO3Si. The van der Waals surface area contributed by atoms with Crippen molar-refractivity contribution in [2.24, 2.45) is 0 Å². The van der Waals surface area contributed by atoms with E-state index in [1.165, 1.54) is 0 Å². The maximum atomic E-state index is 12.5. The number of nitrogens with zero attached hydrogens (tertiary/aromatic N) is 1. The third-order valence-electron chi connectivity index (χ3n) is 3.10. The largest absolute Gasteiger partial charge is 0.310 e. The summed E-state index contributed by atoms with van der Waals surface area (Å²) in [6.07, 6.45) is 0. The van der Waals surface area contributed by atoms with Crippen molar-refractivity contribution >= 4 is 30.9 Å². The highest BCUT2D eigenvalue weighted by Gasteiger charge is 2.36. The fourth-order valence-electron chi connectivity index (χ4n) is 2.37. The SMILES string of the molecule is C[Si](C)(C)ON1C(=O)c2cccc3cccc(c23)C1=O. The zero-order valence-electron chi connectivity index (χ0n) is 11.6. The molecule has 0 atom stereocenters. The third-order valence-corrected chi connectivity index (χ3v) is 3.83. The van der Waals surface area contributed by atoms with Crippen molar-refractivity contribution in [3.8, 4) is 0 Å². The molecule has 4 nitrogen and oxygen atoms in total. The van der Waals surface area contributed by atoms with Crippen molar-refractivity contribution in [2.75, 3.05) is 0 Å². The Morgan fingerprint density at radius 1 is 0.900 bits per heavy atom. The van der Waals surface area contributed by atoms with Crippen LogP contribution in [0.4, 0.5) is 0 Å². The van der Waals surface area contributed by atoms with Gasteiger partial charge in [-0.05, 0) is 37.2 Å². The highest BCUT2D eigenvalue weighted by molar-refractivity contribution is 6.69. The summed E-state index contributed by atoms with van der Waals surface area (Å²) in [7, 11) is -2.05. The van der Waals surface area contributed by atoms with Gasteiger partial charge in [0, 0.05) is 5.39 Å². The van der Waals surface area contributed by atoms with E-state index in [2.05, 4.69) is 0 Å². The number of carbonyl (C=O) groups is 2. The lowest BCUT2D eigenvalue weighted by Gasteiger charge is -2.31. The van der Waals surface area contributed by atoms with Crippen LogP contribution in [0.2, 0.25) is 19.6 Å². The maximum Gasteiger partial charge on any atom is 0.284 e. The summed E-state index contributed by atoms with van der Waals surface area (Å²) in [6, 6.07) is 10.9. The van der Waals surface area contributed by atoms with Gasteiger partial charge in [0.15, 0.2) is 0 Å². The van der Waals surface area contributed by atoms with Crippen LogP contribution in [0.1, 0.15) is 20.7 Å². The zero-order chi connectivity index (χ0) is 14.5. The first-order valence-electron chi connectivity index (χ1n) is 6.48. The molecule has 0 bridgehead atoms. The molecule has 0 saturated heterocycles. The van der Waals surface area contributed by atoms with Gasteiger partial charge >= 0.3 is 0 Å². The minimum Gasteiger partial charge on any atom is -0.310 e. The van der Waals surface area contributed by atoms with Crippen molar-refractivity contribution in [1.29, 1.82) is 0 Å². The Morgan fingerprint density at radius 2 is 1.40 bits per heavy atom. The van der Waals surface area contributed by atoms with Gasteiger partial charge < -0.3 is 4.53 Å². The average molecular weight is 285 g/mol. The summed E-state index contributed by atoms with van der Waals surface area (Å²) in [5.41, 5.74) is 1.05. The molecule has 1 heterocycles. The Labute approximate surface area is 118 Å². The van der Waals surface area contributed by atoms with E-state index in [4.69, 9.17) is 4.53 Å². The van der Waals surface area contributed by atoms with Gasteiger partial charge in [-0.25, -0.2) is 0 Å². The lowest BCUT2D eigenvalue weighted by molar-refractivity contribution is -0.0245. The molecular weight excluding hydrogens is 270 g/mol. The predicted octanol–water partition coefficient (Wildman–Crippen LogP) is 3.20. The Bertz CT molecular complexity index is 683. The van der Waals surface area contributed by atoms with Gasteiger partial charge in [-0.2, -0.15) is 5.06 Å². The van der Waals surface area contributed by atoms with Gasteiger partial charge in [-0.15, -0.1) is 0 Å². The summed E-state index contributed by atoms with van der Waals surface area (Å²) in [4.78, 5) is 25.0. The summed E-state index contributed by atoms with van der Waals surface area (Å²) < 4.78 is 5.66. The molecule has 2 amide bonds. The van der Waals surface area contributed by atoms with Crippen LogP contribution in [0, 0.1) is 0 Å². The fourth-order valence-corrected chi connectivity index (χ4v) is 3.08. The molecule has 102 valence electrons. The molecule has 20 heavy (non-hydrogen) atoms. The molecule has 1 aliphatic rings. The Kier molecular flexibility index (Phi) is 2.77. The molecule has 0 radical (unpaired) electrons. The second kappa shape index (κ2) is 4.26. The molecule has 0 spiro atoms. The first-order chi connectivity index (χ1) is 9.38. The predicted molar refractivity (Wildman–Crippen MR) is 78.9 cm³/mol. The molecule has 0 aliphatic carbocycles. The van der Waals surface area contributed by atoms with Crippen LogP contribution in [0.5, 0.6) is 0 Å². The van der Waals surface area contributed by atoms with Gasteiger partial charge in [0.25, 0.3) is 11.8 Å². The number of imide groups is 1. The van der Waals surface area contributed by atoms with E-state index in [9.17, 15) is 9.59 Å². The minimum atomic E-state index is -2.05. The van der Waals surface area contributed by atoms with Gasteiger partial charge in [0.1, 0.15) is 0 Å². The molecule has 0 unspecified atom stereocenters. The number of rotatable bonds is 2. The summed E-state index contributed by atoms with van der Waals surface area (Å²) in [5.74, 6) is -0.747. The number of benzene rings is 2. The second-order valence-electron chi connectivity index (χ2n) is 5.82. The highest BCUT2D eigenvalue weighted by Crippen LogP contribution is 2.30. The quantitative estimate of drug-likeness (QED) is 0.629. The lowest BCUT2D eigenvalue weighted by Crippen LogP contribution is -2.46. The zero-order valence-corrected chi connectivity index (χ0v) is 12.6. The number of hydrogen-bond donors (Lipinski definition) is 0. The van der Waals surface area contributed by atoms with E-state index in [1.54, 1.807) is 12.1 Å². The molecule has 0 N–H and O–H groups in total. The van der Waals surface area contributed by atoms with Crippen molar-refractivity contribution in [3.05, 3.63) is 47.5 Å². The van der Waals surface area contributed by atoms with E-state index in [-0.39, 0.29) is 11.8 Å². The van der Waals surface area contributed by atoms with E-state index >= 15 is 0 Å². The molecule has 3 rings (SSSR count). The first kappa shape index (κ1) is 13.0. The highest BCUT2D eigenvalue weighted by atomic mass is 28.4. The Hall–Kier alpha value is -1.98. The smallest absolute Gasteiger partial charge is 0.284 e. The van der Waals surface area contributed by atoms with Crippen molar-refractivity contribution in [2.45, 2.75) is 19.6 Å². The van der Waals surface area contributed by atoms with E-state index < -0.39 is 8.32 Å². The third kappa shape index (κ3) is 1.95. The van der Waals surface area contributed by atoms with Crippen molar-refractivity contribution in [3.63, 3.8) is 0 Å². The normalized spacial score (nSPS) is 15.1. The molecule has 0 saturated carbocycles. The van der Waals surface area contributed by atoms with Crippen LogP contribution in [-0.2, 0) is 4.53 Å². The van der Waals surface area contributed by atoms with Crippen LogP contribution < -0.4 is 0 Å². The molecule has 2 aromatic carbocycles. The summed E-state index contributed by atoms with van der Waals surface area (Å²) in [6.45, 7) is 5.82.